The lowest BCUT2D eigenvalue weighted by atomic mass is 10.2. The molecule has 2 aromatic rings. The molecule has 1 aromatic carbocycles. The van der Waals surface area contributed by atoms with Crippen molar-refractivity contribution in [1.82, 2.24) is 9.78 Å². The summed E-state index contributed by atoms with van der Waals surface area (Å²) < 4.78 is 22.5. The van der Waals surface area contributed by atoms with Crippen LogP contribution < -0.4 is 5.73 Å². The van der Waals surface area contributed by atoms with Crippen LogP contribution in [0, 0.1) is 0 Å². The zero-order valence-corrected chi connectivity index (χ0v) is 6.84. The Morgan fingerprint density at radius 1 is 1.67 bits per heavy atom. The van der Waals surface area contributed by atoms with Crippen LogP contribution in [0.15, 0.2) is 18.3 Å². The minimum absolute atomic E-state index is 0.373. The number of anilines is 1. The molecule has 0 saturated heterocycles. The van der Waals surface area contributed by atoms with Crippen LogP contribution in [0.2, 0.25) is 5.02 Å². The fraction of sp³-hybridized carbons (Fsp3) is 0.125. The van der Waals surface area contributed by atoms with E-state index >= 15 is 0 Å². The van der Waals surface area contributed by atoms with Crippen molar-refractivity contribution in [3.05, 3.63) is 23.4 Å². The standard InChI is InChI=1S/C8H8ClN3/c1-12-4-5-2-7(10)6(9)3-8(5)11-12/h2-4H,10H2,1H3/i1D3. The van der Waals surface area contributed by atoms with Gasteiger partial charge in [0.05, 0.1) is 16.2 Å². The third kappa shape index (κ3) is 1.02. The molecule has 0 saturated carbocycles. The second-order valence-electron chi connectivity index (χ2n) is 2.51. The van der Waals surface area contributed by atoms with E-state index < -0.39 is 6.98 Å². The predicted octanol–water partition coefficient (Wildman–Crippen LogP) is 1.81. The number of halogens is 1. The monoisotopic (exact) mass is 184 g/mol. The fourth-order valence-electron chi connectivity index (χ4n) is 1.06. The second kappa shape index (κ2) is 2.38. The third-order valence-corrected chi connectivity index (χ3v) is 1.95. The van der Waals surface area contributed by atoms with Crippen LogP contribution >= 0.6 is 11.6 Å². The zero-order valence-electron chi connectivity index (χ0n) is 9.08. The molecule has 0 atom stereocenters. The van der Waals surface area contributed by atoms with Gasteiger partial charge in [0.25, 0.3) is 0 Å². The topological polar surface area (TPSA) is 43.8 Å². The molecule has 0 spiro atoms. The van der Waals surface area contributed by atoms with Gasteiger partial charge in [0.1, 0.15) is 0 Å². The minimum atomic E-state index is -2.28. The highest BCUT2D eigenvalue weighted by Gasteiger charge is 2.02. The molecule has 0 radical (unpaired) electrons. The summed E-state index contributed by atoms with van der Waals surface area (Å²) in [5, 5.41) is 4.93. The minimum Gasteiger partial charge on any atom is -0.398 e. The van der Waals surface area contributed by atoms with Crippen LogP contribution in [-0.2, 0) is 6.98 Å². The van der Waals surface area contributed by atoms with Crippen LogP contribution in [0.1, 0.15) is 4.11 Å². The molecule has 3 nitrogen and oxygen atoms in total. The van der Waals surface area contributed by atoms with E-state index in [9.17, 15) is 0 Å². The molecule has 1 aromatic heterocycles. The smallest absolute Gasteiger partial charge is 0.0939 e. The zero-order chi connectivity index (χ0) is 11.2. The van der Waals surface area contributed by atoms with Crippen LogP contribution in [0.25, 0.3) is 10.9 Å². The molecule has 1 heterocycles. The summed E-state index contributed by atoms with van der Waals surface area (Å²) in [7, 11) is 0. The SMILES string of the molecule is [2H]C([2H])([2H])n1cc2cc(N)c(Cl)cc2n1. The maximum Gasteiger partial charge on any atom is 0.0939 e. The Hall–Kier alpha value is -1.22. The molecule has 0 aliphatic rings. The molecule has 62 valence electrons. The summed E-state index contributed by atoms with van der Waals surface area (Å²) in [4.78, 5) is 0. The van der Waals surface area contributed by atoms with E-state index in [0.29, 0.717) is 21.6 Å². The van der Waals surface area contributed by atoms with E-state index in [0.717, 1.165) is 4.68 Å². The molecule has 0 fully saturated rings. The molecule has 4 heteroatoms. The summed E-state index contributed by atoms with van der Waals surface area (Å²) in [6.45, 7) is -2.28. The first kappa shape index (κ1) is 4.72. The lowest BCUT2D eigenvalue weighted by molar-refractivity contribution is 0.780. The van der Waals surface area contributed by atoms with Gasteiger partial charge in [0.2, 0.25) is 0 Å². The summed E-state index contributed by atoms with van der Waals surface area (Å²) >= 11 is 5.80. The Bertz CT molecular complexity index is 479. The highest BCUT2D eigenvalue weighted by Crippen LogP contribution is 2.24. The summed E-state index contributed by atoms with van der Waals surface area (Å²) in [6, 6.07) is 3.15. The van der Waals surface area contributed by atoms with Crippen molar-refractivity contribution in [2.24, 2.45) is 6.98 Å². The number of benzene rings is 1. The number of aromatic nitrogens is 2. The average molecular weight is 185 g/mol. The van der Waals surface area contributed by atoms with E-state index in [-0.39, 0.29) is 0 Å². The quantitative estimate of drug-likeness (QED) is 0.635. The lowest BCUT2D eigenvalue weighted by Crippen LogP contribution is -1.85. The number of fused-ring (bicyclic) bond motifs is 1. The van der Waals surface area contributed by atoms with Gasteiger partial charge in [-0.15, -0.1) is 0 Å². The molecule has 2 rings (SSSR count). The van der Waals surface area contributed by atoms with Crippen molar-refractivity contribution in [3.8, 4) is 0 Å². The van der Waals surface area contributed by atoms with Crippen LogP contribution in [0.3, 0.4) is 0 Å². The van der Waals surface area contributed by atoms with Gasteiger partial charge in [0.15, 0.2) is 0 Å². The highest BCUT2D eigenvalue weighted by molar-refractivity contribution is 6.33. The van der Waals surface area contributed by atoms with Gasteiger partial charge in [0, 0.05) is 22.7 Å². The lowest BCUT2D eigenvalue weighted by Gasteiger charge is -1.94. The Labute approximate surface area is 78.9 Å². The fourth-order valence-corrected chi connectivity index (χ4v) is 1.22. The molecule has 12 heavy (non-hydrogen) atoms. The molecule has 0 amide bonds. The normalized spacial score (nSPS) is 15.6. The number of hydrogen-bond acceptors (Lipinski definition) is 2. The number of nitrogens with two attached hydrogens (primary N) is 1. The van der Waals surface area contributed by atoms with E-state index in [1.54, 1.807) is 12.1 Å². The van der Waals surface area contributed by atoms with E-state index in [1.807, 2.05) is 0 Å². The molecular weight excluding hydrogens is 174 g/mol. The molecule has 0 unspecified atom stereocenters. The third-order valence-electron chi connectivity index (χ3n) is 1.62. The van der Waals surface area contributed by atoms with Crippen molar-refractivity contribution in [2.75, 3.05) is 5.73 Å². The van der Waals surface area contributed by atoms with Crippen LogP contribution in [0.4, 0.5) is 5.69 Å². The number of nitrogen functional groups attached to an aromatic ring is 1. The average Bonchev–Trinajstić information content (AvgIpc) is 2.47. The number of rotatable bonds is 0. The molecular formula is C8H8ClN3. The summed E-state index contributed by atoms with van der Waals surface area (Å²) in [6.07, 6.45) is 1.43. The second-order valence-corrected chi connectivity index (χ2v) is 2.91. The van der Waals surface area contributed by atoms with E-state index in [1.165, 1.54) is 6.20 Å². The highest BCUT2D eigenvalue weighted by atomic mass is 35.5. The number of nitrogens with zero attached hydrogens (tertiary/aromatic N) is 2. The van der Waals surface area contributed by atoms with Crippen molar-refractivity contribution in [2.45, 2.75) is 0 Å². The van der Waals surface area contributed by atoms with E-state index in [4.69, 9.17) is 21.4 Å². The van der Waals surface area contributed by atoms with Gasteiger partial charge in [-0.2, -0.15) is 5.10 Å². The first-order chi connectivity index (χ1) is 6.88. The maximum atomic E-state index is 7.18. The Balaban J connectivity index is 2.66. The van der Waals surface area contributed by atoms with Crippen LogP contribution in [0.5, 0.6) is 0 Å². The van der Waals surface area contributed by atoms with Crippen molar-refractivity contribution >= 4 is 28.2 Å². The Kier molecular flexibility index (Phi) is 0.938. The first-order valence-electron chi connectivity index (χ1n) is 4.83. The van der Waals surface area contributed by atoms with Gasteiger partial charge in [-0.25, -0.2) is 0 Å². The van der Waals surface area contributed by atoms with Gasteiger partial charge >= 0.3 is 0 Å². The van der Waals surface area contributed by atoms with Gasteiger partial charge in [-0.05, 0) is 12.1 Å². The Morgan fingerprint density at radius 2 is 2.50 bits per heavy atom. The van der Waals surface area contributed by atoms with Gasteiger partial charge in [-0.3, -0.25) is 4.68 Å². The van der Waals surface area contributed by atoms with Gasteiger partial charge < -0.3 is 5.73 Å². The van der Waals surface area contributed by atoms with Gasteiger partial charge in [-0.1, -0.05) is 11.6 Å². The summed E-state index contributed by atoms with van der Waals surface area (Å²) in [5.41, 5.74) is 6.52. The molecule has 0 aliphatic carbocycles. The maximum absolute atomic E-state index is 7.18. The van der Waals surface area contributed by atoms with Crippen molar-refractivity contribution in [1.29, 1.82) is 0 Å². The largest absolute Gasteiger partial charge is 0.398 e. The number of hydrogen-bond donors (Lipinski definition) is 1. The van der Waals surface area contributed by atoms with Crippen LogP contribution in [-0.4, -0.2) is 9.78 Å². The first-order valence-corrected chi connectivity index (χ1v) is 3.70. The molecule has 2 N–H and O–H groups in total. The Morgan fingerprint density at radius 3 is 3.25 bits per heavy atom. The molecule has 0 aliphatic heterocycles. The molecule has 0 bridgehead atoms. The van der Waals surface area contributed by atoms with E-state index in [2.05, 4.69) is 5.10 Å². The predicted molar refractivity (Wildman–Crippen MR) is 50.1 cm³/mol. The van der Waals surface area contributed by atoms with Crippen molar-refractivity contribution in [3.63, 3.8) is 0 Å². The van der Waals surface area contributed by atoms with Crippen molar-refractivity contribution < 1.29 is 4.11 Å². The summed E-state index contributed by atoms with van der Waals surface area (Å²) in [5.74, 6) is 0. The number of aryl methyl sites for hydroxylation is 1.